The van der Waals surface area contributed by atoms with E-state index in [-0.39, 0.29) is 12.5 Å². The van der Waals surface area contributed by atoms with Gasteiger partial charge in [0.25, 0.3) is 0 Å². The van der Waals surface area contributed by atoms with Gasteiger partial charge in [0, 0.05) is 0 Å². The van der Waals surface area contributed by atoms with Crippen LogP contribution in [0.1, 0.15) is 396 Å². The van der Waals surface area contributed by atoms with Gasteiger partial charge in [0.05, 0.1) is 13.2 Å². The van der Waals surface area contributed by atoms with Crippen LogP contribution in [-0.2, 0) is 18.3 Å². The first-order chi connectivity index (χ1) is 55.2. The van der Waals surface area contributed by atoms with E-state index in [1.807, 2.05) is 0 Å². The minimum absolute atomic E-state index is 0.0475. The highest BCUT2D eigenvalue weighted by Gasteiger charge is 2.47. The van der Waals surface area contributed by atoms with Crippen LogP contribution in [0.3, 0.4) is 0 Å². The van der Waals surface area contributed by atoms with Crippen LogP contribution in [0.25, 0.3) is 0 Å². The maximum atomic E-state index is 12.5. The van der Waals surface area contributed by atoms with Gasteiger partial charge < -0.3 is 30.1 Å². The Labute approximate surface area is 714 Å². The standard InChI is InChI=1S/C106H175O9P/c1-82(2)41-22-42-83(3)43-23-44-84(4)45-24-46-85(5)47-25-48-86(6)49-26-50-87(7)51-27-52-88(8)53-28-54-89(9)55-29-56-90(10)57-30-58-91(11)59-31-60-92(12)61-32-62-93(13)63-33-64-94(14)65-34-66-95(15)67-35-68-96(16)69-36-70-97(17)71-37-72-98(18)73-38-74-99(19)75-39-76-100(20)77-40-78-101(21)79-80-113-116(111,112)115-106-105(110)104(109)103(108)102(81-107)114-106/h41,43,45,47,49,51,53,55,57,59,61,63,65,67,69,71,73,75,77,101-110H,22-40,42,44,46,48,50,52,54,56,58,60,62,64,66,68,70,72,74,76,78-81H2,1-21H3,(H,111,112)/b83-43+,84-45+,85-47+,86-49+,87-51+,88-53+,89-55+,90-57+,91-59+,92-61+,93-63+,94-65+,95-67+,96-69+,97-71+,98-73+,99-75+,100-77+/t101?,102-,103-,104+,105+,106-/m0/s1. The molecule has 10 heteroatoms. The molecule has 658 valence electrons. The third kappa shape index (κ3) is 62.1. The monoisotopic (exact) mass is 1620 g/mol. The molecule has 0 aromatic rings. The summed E-state index contributed by atoms with van der Waals surface area (Å²) in [5.74, 6) is 0.224. The molecule has 0 radical (unpaired) electrons. The van der Waals surface area contributed by atoms with E-state index >= 15 is 0 Å². The van der Waals surface area contributed by atoms with E-state index in [9.17, 15) is 29.9 Å². The summed E-state index contributed by atoms with van der Waals surface area (Å²) >= 11 is 0. The average Bonchev–Trinajstić information content (AvgIpc) is 0.808. The van der Waals surface area contributed by atoms with Crippen LogP contribution in [0, 0.1) is 5.92 Å². The Balaban J connectivity index is 2.23. The van der Waals surface area contributed by atoms with Gasteiger partial charge in [-0.2, -0.15) is 0 Å². The third-order valence-corrected chi connectivity index (χ3v) is 23.7. The fraction of sp³-hybridized carbons (Fsp3) is 0.642. The number of rotatable bonds is 64. The summed E-state index contributed by atoms with van der Waals surface area (Å²) in [6.07, 6.45) is 81.4. The molecule has 1 heterocycles. The van der Waals surface area contributed by atoms with Crippen molar-refractivity contribution in [2.75, 3.05) is 13.2 Å². The van der Waals surface area contributed by atoms with E-state index in [2.05, 4.69) is 261 Å². The fourth-order valence-corrected chi connectivity index (χ4v) is 15.0. The lowest BCUT2D eigenvalue weighted by Crippen LogP contribution is -2.58. The number of aliphatic hydroxyl groups excluding tert-OH is 4. The van der Waals surface area contributed by atoms with Gasteiger partial charge in [-0.3, -0.25) is 9.05 Å². The van der Waals surface area contributed by atoms with E-state index in [1.54, 1.807) is 0 Å². The minimum atomic E-state index is -4.64. The largest absolute Gasteiger partial charge is 0.474 e. The molecule has 1 saturated heterocycles. The smallest absolute Gasteiger partial charge is 0.394 e. The molecule has 2 unspecified atom stereocenters. The van der Waals surface area contributed by atoms with Crippen LogP contribution in [0.15, 0.2) is 221 Å². The summed E-state index contributed by atoms with van der Waals surface area (Å²) in [4.78, 5) is 10.2. The second-order valence-electron chi connectivity index (χ2n) is 35.5. The van der Waals surface area contributed by atoms with Crippen molar-refractivity contribution in [1.82, 2.24) is 0 Å². The van der Waals surface area contributed by atoms with Crippen molar-refractivity contribution in [3.63, 3.8) is 0 Å². The van der Waals surface area contributed by atoms with Crippen LogP contribution in [0.5, 0.6) is 0 Å². The van der Waals surface area contributed by atoms with Crippen molar-refractivity contribution in [2.45, 2.75) is 427 Å². The molecule has 1 aliphatic rings. The molecule has 0 saturated carbocycles. The summed E-state index contributed by atoms with van der Waals surface area (Å²) in [6.45, 7) is 47.0. The first-order valence-electron chi connectivity index (χ1n) is 45.6. The summed E-state index contributed by atoms with van der Waals surface area (Å²) in [5, 5.41) is 39.3. The van der Waals surface area contributed by atoms with Gasteiger partial charge in [-0.15, -0.1) is 0 Å². The predicted molar refractivity (Wildman–Crippen MR) is 507 cm³/mol. The molecule has 0 spiro atoms. The summed E-state index contributed by atoms with van der Waals surface area (Å²) < 4.78 is 27.7. The Kier molecular flexibility index (Phi) is 63.5. The molecule has 1 aliphatic heterocycles. The van der Waals surface area contributed by atoms with Gasteiger partial charge in [-0.05, 0) is 395 Å². The van der Waals surface area contributed by atoms with Gasteiger partial charge in [0.2, 0.25) is 0 Å². The Morgan fingerprint density at radius 2 is 0.466 bits per heavy atom. The summed E-state index contributed by atoms with van der Waals surface area (Å²) in [5.41, 5.74) is 28.4. The number of phosphoric ester groups is 1. The Bertz CT molecular complexity index is 3430. The minimum Gasteiger partial charge on any atom is -0.394 e. The van der Waals surface area contributed by atoms with E-state index < -0.39 is 45.1 Å². The van der Waals surface area contributed by atoms with Crippen molar-refractivity contribution in [3.05, 3.63) is 221 Å². The lowest BCUT2D eigenvalue weighted by Gasteiger charge is -2.39. The second kappa shape index (κ2) is 67.6. The molecular weight excluding hydrogens is 1450 g/mol. The molecule has 9 nitrogen and oxygen atoms in total. The topological polar surface area (TPSA) is 146 Å². The van der Waals surface area contributed by atoms with Crippen molar-refractivity contribution < 1.29 is 43.7 Å². The number of hydrogen-bond acceptors (Lipinski definition) is 8. The fourth-order valence-electron chi connectivity index (χ4n) is 14.2. The van der Waals surface area contributed by atoms with Crippen molar-refractivity contribution in [2.24, 2.45) is 5.92 Å². The lowest BCUT2D eigenvalue weighted by atomic mass is 10.00. The molecule has 0 bridgehead atoms. The highest BCUT2D eigenvalue weighted by molar-refractivity contribution is 7.47. The molecule has 1 rings (SSSR count). The molecular formula is C106H175O9P. The summed E-state index contributed by atoms with van der Waals surface area (Å²) in [6, 6.07) is 0. The van der Waals surface area contributed by atoms with E-state index in [0.29, 0.717) is 6.42 Å². The van der Waals surface area contributed by atoms with Gasteiger partial charge in [0.1, 0.15) is 24.4 Å². The molecule has 1 fully saturated rings. The molecule has 116 heavy (non-hydrogen) atoms. The normalized spacial score (nSPS) is 19.6. The summed E-state index contributed by atoms with van der Waals surface area (Å²) in [7, 11) is -4.64. The van der Waals surface area contributed by atoms with E-state index in [4.69, 9.17) is 13.8 Å². The van der Waals surface area contributed by atoms with E-state index in [1.165, 1.54) is 138 Å². The zero-order valence-corrected chi connectivity index (χ0v) is 79.1. The zero-order chi connectivity index (χ0) is 86.5. The van der Waals surface area contributed by atoms with Crippen LogP contribution in [-0.4, -0.2) is 69.2 Å². The van der Waals surface area contributed by atoms with Gasteiger partial charge >= 0.3 is 7.82 Å². The zero-order valence-electron chi connectivity index (χ0n) is 78.2. The number of aliphatic hydroxyl groups is 4. The number of phosphoric acid groups is 1. The van der Waals surface area contributed by atoms with Crippen LogP contribution >= 0.6 is 7.82 Å². The van der Waals surface area contributed by atoms with E-state index in [0.717, 1.165) is 212 Å². The van der Waals surface area contributed by atoms with Crippen LogP contribution in [0.2, 0.25) is 0 Å². The number of ether oxygens (including phenoxy) is 1. The highest BCUT2D eigenvalue weighted by Crippen LogP contribution is 2.47. The lowest BCUT2D eigenvalue weighted by molar-refractivity contribution is -0.281. The highest BCUT2D eigenvalue weighted by atomic mass is 31.2. The molecule has 0 aliphatic carbocycles. The molecule has 0 aromatic heterocycles. The van der Waals surface area contributed by atoms with Crippen molar-refractivity contribution in [3.8, 4) is 0 Å². The Hall–Kier alpha value is -5.03. The molecule has 7 atom stereocenters. The SMILES string of the molecule is CC(C)=CCC/C(C)=C/CC/C(C)=C/CC/C(C)=C/CC/C(C)=C/CC/C(C)=C/CC/C(C)=C/CC/C(C)=C/CC/C(C)=C/CC/C(C)=C/CC/C(C)=C/CC/C(C)=C/CC/C(C)=C/CC/C(C)=C/CC/C(C)=C/CC/C(C)=C/CC/C(C)=C/CC/C(C)=C/CC/C(C)=C/CCC(C)CCOP(=O)(O)O[C@@H]1O[C@@H](CO)[C@H](O)[C@@H](O)[C@H]1O. The second-order valence-corrected chi connectivity index (χ2v) is 36.9. The average molecular weight is 1620 g/mol. The van der Waals surface area contributed by atoms with Gasteiger partial charge in [-0.25, -0.2) is 4.57 Å². The number of hydrogen-bond donors (Lipinski definition) is 5. The maximum Gasteiger partial charge on any atom is 0.474 e. The van der Waals surface area contributed by atoms with Crippen LogP contribution < -0.4 is 0 Å². The molecule has 0 amide bonds. The quantitative estimate of drug-likeness (QED) is 0.0297. The van der Waals surface area contributed by atoms with Crippen molar-refractivity contribution >= 4 is 7.82 Å². The third-order valence-electron chi connectivity index (χ3n) is 22.7. The maximum absolute atomic E-state index is 12.5. The van der Waals surface area contributed by atoms with Gasteiger partial charge in [-0.1, -0.05) is 228 Å². The molecule has 5 N–H and O–H groups in total. The van der Waals surface area contributed by atoms with Crippen molar-refractivity contribution in [1.29, 1.82) is 0 Å². The Morgan fingerprint density at radius 3 is 0.647 bits per heavy atom. The van der Waals surface area contributed by atoms with Crippen LogP contribution in [0.4, 0.5) is 0 Å². The van der Waals surface area contributed by atoms with Gasteiger partial charge in [0.15, 0.2) is 6.29 Å². The Morgan fingerprint density at radius 1 is 0.284 bits per heavy atom. The first-order valence-corrected chi connectivity index (χ1v) is 47.1. The predicted octanol–water partition coefficient (Wildman–Crippen LogP) is 31.8. The first kappa shape index (κ1) is 109. The number of allylic oxidation sites excluding steroid dienone is 38. The molecule has 0 aromatic carbocycles.